The highest BCUT2D eigenvalue weighted by Gasteiger charge is 2.44. The first-order chi connectivity index (χ1) is 14.2. The maximum Gasteiger partial charge on any atom is 0.417 e. The fourth-order valence-corrected chi connectivity index (χ4v) is 4.25. The number of fused-ring (bicyclic) bond motifs is 1. The number of rotatable bonds is 4. The Labute approximate surface area is 176 Å². The molecule has 1 aliphatic rings. The Kier molecular flexibility index (Phi) is 5.48. The SMILES string of the molecule is Nc1ncnc2c1ncn2[C@@H]1O[C@H](CSc2ncc(C(F)(F)F)cc2Cl)[C@@H](O)[C@H]1O. The maximum atomic E-state index is 12.7. The van der Waals surface area contributed by atoms with Crippen LogP contribution in [0.25, 0.3) is 11.2 Å². The Bertz CT molecular complexity index is 1080. The van der Waals surface area contributed by atoms with E-state index in [1.54, 1.807) is 0 Å². The van der Waals surface area contributed by atoms with Crippen molar-refractivity contribution in [2.24, 2.45) is 0 Å². The molecule has 0 saturated carbocycles. The van der Waals surface area contributed by atoms with Gasteiger partial charge in [0, 0.05) is 11.9 Å². The number of pyridine rings is 1. The van der Waals surface area contributed by atoms with Gasteiger partial charge in [-0.1, -0.05) is 11.6 Å². The van der Waals surface area contributed by atoms with Crippen molar-refractivity contribution in [2.45, 2.75) is 35.7 Å². The third kappa shape index (κ3) is 3.78. The number of nitrogens with two attached hydrogens (primary N) is 1. The number of ether oxygens (including phenoxy) is 1. The Hall–Kier alpha value is -2.19. The van der Waals surface area contributed by atoms with Crippen molar-refractivity contribution in [1.29, 1.82) is 0 Å². The van der Waals surface area contributed by atoms with Crippen LogP contribution >= 0.6 is 23.4 Å². The summed E-state index contributed by atoms with van der Waals surface area (Å²) < 4.78 is 45.4. The molecule has 1 fully saturated rings. The molecule has 3 aromatic rings. The summed E-state index contributed by atoms with van der Waals surface area (Å²) in [6, 6.07) is 0.780. The van der Waals surface area contributed by atoms with Gasteiger partial charge in [0.25, 0.3) is 0 Å². The zero-order valence-corrected chi connectivity index (χ0v) is 16.4. The fourth-order valence-electron chi connectivity index (χ4n) is 3.00. The fraction of sp³-hybridized carbons (Fsp3) is 0.375. The molecular weight excluding hydrogens is 449 g/mol. The molecule has 0 radical (unpaired) electrons. The Morgan fingerprint density at radius 1 is 1.20 bits per heavy atom. The molecule has 160 valence electrons. The molecule has 14 heteroatoms. The summed E-state index contributed by atoms with van der Waals surface area (Å²) in [6.45, 7) is 0. The lowest BCUT2D eigenvalue weighted by Gasteiger charge is -2.16. The first-order valence-electron chi connectivity index (χ1n) is 8.47. The second kappa shape index (κ2) is 7.81. The van der Waals surface area contributed by atoms with Crippen molar-refractivity contribution in [2.75, 3.05) is 11.5 Å². The lowest BCUT2D eigenvalue weighted by molar-refractivity contribution is -0.137. The monoisotopic (exact) mass is 462 g/mol. The second-order valence-corrected chi connectivity index (χ2v) is 7.86. The van der Waals surface area contributed by atoms with Crippen molar-refractivity contribution in [1.82, 2.24) is 24.5 Å². The summed E-state index contributed by atoms with van der Waals surface area (Å²) in [7, 11) is 0. The lowest BCUT2D eigenvalue weighted by Crippen LogP contribution is -2.32. The summed E-state index contributed by atoms with van der Waals surface area (Å²) in [5, 5.41) is 20.8. The van der Waals surface area contributed by atoms with E-state index in [1.165, 1.54) is 17.2 Å². The number of aromatic nitrogens is 5. The molecule has 1 aliphatic heterocycles. The van der Waals surface area contributed by atoms with Crippen molar-refractivity contribution in [3.63, 3.8) is 0 Å². The van der Waals surface area contributed by atoms with Gasteiger partial charge in [-0.15, -0.1) is 11.8 Å². The van der Waals surface area contributed by atoms with Crippen LogP contribution in [0.1, 0.15) is 11.8 Å². The predicted octanol–water partition coefficient (Wildman–Crippen LogP) is 1.89. The molecule has 4 atom stereocenters. The number of aliphatic hydroxyl groups is 2. The van der Waals surface area contributed by atoms with Crippen LogP contribution in [0.2, 0.25) is 5.02 Å². The van der Waals surface area contributed by atoms with E-state index < -0.39 is 36.3 Å². The van der Waals surface area contributed by atoms with E-state index in [0.717, 1.165) is 17.8 Å². The molecule has 30 heavy (non-hydrogen) atoms. The van der Waals surface area contributed by atoms with Gasteiger partial charge in [0.15, 0.2) is 17.7 Å². The van der Waals surface area contributed by atoms with Gasteiger partial charge >= 0.3 is 6.18 Å². The number of imidazole rings is 1. The predicted molar refractivity (Wildman–Crippen MR) is 101 cm³/mol. The van der Waals surface area contributed by atoms with E-state index >= 15 is 0 Å². The number of hydrogen-bond donors (Lipinski definition) is 3. The second-order valence-electron chi connectivity index (χ2n) is 6.45. The van der Waals surface area contributed by atoms with Crippen LogP contribution in [-0.2, 0) is 10.9 Å². The number of anilines is 1. The molecule has 4 heterocycles. The van der Waals surface area contributed by atoms with Crippen LogP contribution in [0.4, 0.5) is 19.0 Å². The first kappa shape index (κ1) is 21.1. The Morgan fingerprint density at radius 3 is 2.67 bits per heavy atom. The van der Waals surface area contributed by atoms with Crippen LogP contribution in [-0.4, -0.2) is 58.8 Å². The Morgan fingerprint density at radius 2 is 1.97 bits per heavy atom. The lowest BCUT2D eigenvalue weighted by atomic mass is 10.1. The highest BCUT2D eigenvalue weighted by atomic mass is 35.5. The molecule has 0 aliphatic carbocycles. The van der Waals surface area contributed by atoms with E-state index in [9.17, 15) is 23.4 Å². The largest absolute Gasteiger partial charge is 0.417 e. The van der Waals surface area contributed by atoms with Crippen molar-refractivity contribution in [3.8, 4) is 0 Å². The number of alkyl halides is 3. The van der Waals surface area contributed by atoms with Crippen molar-refractivity contribution in [3.05, 3.63) is 35.5 Å². The van der Waals surface area contributed by atoms with Gasteiger partial charge < -0.3 is 20.7 Å². The van der Waals surface area contributed by atoms with Gasteiger partial charge in [-0.3, -0.25) is 4.57 Å². The van der Waals surface area contributed by atoms with E-state index in [2.05, 4.69) is 19.9 Å². The third-order valence-electron chi connectivity index (χ3n) is 4.52. The minimum absolute atomic E-state index is 0.0799. The minimum Gasteiger partial charge on any atom is -0.387 e. The van der Waals surface area contributed by atoms with Gasteiger partial charge in [-0.25, -0.2) is 19.9 Å². The van der Waals surface area contributed by atoms with Crippen LogP contribution in [0, 0.1) is 0 Å². The first-order valence-corrected chi connectivity index (χ1v) is 9.83. The zero-order chi connectivity index (χ0) is 21.6. The summed E-state index contributed by atoms with van der Waals surface area (Å²) in [5.74, 6) is 0.234. The van der Waals surface area contributed by atoms with Gasteiger partial charge in [-0.2, -0.15) is 13.2 Å². The highest BCUT2D eigenvalue weighted by molar-refractivity contribution is 7.99. The number of thioether (sulfide) groups is 1. The van der Waals surface area contributed by atoms with E-state index in [0.29, 0.717) is 17.4 Å². The van der Waals surface area contributed by atoms with Crippen molar-refractivity contribution < 1.29 is 28.1 Å². The molecule has 4 rings (SSSR count). The molecule has 0 amide bonds. The smallest absolute Gasteiger partial charge is 0.387 e. The normalized spacial score (nSPS) is 24.6. The summed E-state index contributed by atoms with van der Waals surface area (Å²) in [4.78, 5) is 15.7. The number of hydrogen-bond acceptors (Lipinski definition) is 9. The van der Waals surface area contributed by atoms with E-state index in [-0.39, 0.29) is 21.6 Å². The minimum atomic E-state index is -4.55. The molecule has 3 aromatic heterocycles. The molecule has 9 nitrogen and oxygen atoms in total. The average Bonchev–Trinajstić information content (AvgIpc) is 3.23. The molecular formula is C16H14ClF3N6O3S. The van der Waals surface area contributed by atoms with Crippen LogP contribution in [0.5, 0.6) is 0 Å². The van der Waals surface area contributed by atoms with E-state index in [1.807, 2.05) is 0 Å². The van der Waals surface area contributed by atoms with Crippen LogP contribution in [0.15, 0.2) is 29.9 Å². The van der Waals surface area contributed by atoms with Gasteiger partial charge in [-0.05, 0) is 6.07 Å². The zero-order valence-electron chi connectivity index (χ0n) is 14.9. The van der Waals surface area contributed by atoms with E-state index in [4.69, 9.17) is 22.1 Å². The third-order valence-corrected chi connectivity index (χ3v) is 6.01. The summed E-state index contributed by atoms with van der Waals surface area (Å²) >= 11 is 6.90. The number of aliphatic hydroxyl groups excluding tert-OH is 2. The van der Waals surface area contributed by atoms with Crippen LogP contribution < -0.4 is 5.73 Å². The molecule has 1 saturated heterocycles. The molecule has 0 spiro atoms. The average molecular weight is 463 g/mol. The quantitative estimate of drug-likeness (QED) is 0.497. The Balaban J connectivity index is 1.49. The number of halogens is 4. The van der Waals surface area contributed by atoms with Crippen LogP contribution in [0.3, 0.4) is 0 Å². The molecule has 4 N–H and O–H groups in total. The topological polar surface area (TPSA) is 132 Å². The maximum absolute atomic E-state index is 12.7. The van der Waals surface area contributed by atoms with Crippen molar-refractivity contribution >= 4 is 40.3 Å². The van der Waals surface area contributed by atoms with Gasteiger partial charge in [0.05, 0.1) is 23.0 Å². The summed E-state index contributed by atoms with van der Waals surface area (Å²) in [5.41, 5.74) is 5.43. The highest BCUT2D eigenvalue weighted by Crippen LogP contribution is 2.37. The standard InChI is InChI=1S/C16H14ClF3N6O3S/c17-7-1-6(16(18,19)20)2-22-14(7)30-3-8-10(27)11(28)15(29-8)26-5-25-9-12(21)23-4-24-13(9)26/h1-2,4-5,8,10-11,15,27-28H,3H2,(H2,21,23,24)/t8-,10-,11-,15-/m1/s1. The number of nitrogen functional groups attached to an aromatic ring is 1. The van der Waals surface area contributed by atoms with Gasteiger partial charge in [0.2, 0.25) is 0 Å². The molecule has 0 unspecified atom stereocenters. The number of nitrogens with zero attached hydrogens (tertiary/aromatic N) is 5. The molecule has 0 aromatic carbocycles. The van der Waals surface area contributed by atoms with Gasteiger partial charge in [0.1, 0.15) is 29.1 Å². The summed E-state index contributed by atoms with van der Waals surface area (Å²) in [6.07, 6.45) is -5.71. The molecule has 0 bridgehead atoms.